The Morgan fingerprint density at radius 3 is 2.42 bits per heavy atom. The molecule has 1 saturated heterocycles. The quantitative estimate of drug-likeness (QED) is 0.351. The highest BCUT2D eigenvalue weighted by Crippen LogP contribution is 2.37. The van der Waals surface area contributed by atoms with Gasteiger partial charge in [-0.2, -0.15) is 0 Å². The molecule has 3 aromatic carbocycles. The highest BCUT2D eigenvalue weighted by Gasteiger charge is 2.12. The van der Waals surface area contributed by atoms with E-state index in [0.29, 0.717) is 18.1 Å². The molecule has 0 N–H and O–H groups in total. The molecule has 4 rings (SSSR count). The van der Waals surface area contributed by atoms with Gasteiger partial charge in [-0.1, -0.05) is 30.3 Å². The van der Waals surface area contributed by atoms with Crippen molar-refractivity contribution in [2.75, 3.05) is 25.1 Å². The van der Waals surface area contributed by atoms with Crippen molar-refractivity contribution in [2.45, 2.75) is 25.9 Å². The molecule has 1 aliphatic rings. The van der Waals surface area contributed by atoms with Crippen LogP contribution in [0, 0.1) is 0 Å². The van der Waals surface area contributed by atoms with Gasteiger partial charge in [0.25, 0.3) is 0 Å². The van der Waals surface area contributed by atoms with E-state index in [2.05, 4.69) is 50.1 Å². The summed E-state index contributed by atoms with van der Waals surface area (Å²) in [6.45, 7) is 2.77. The summed E-state index contributed by atoms with van der Waals surface area (Å²) in [6, 6.07) is 22.5. The molecular weight excluding hydrogens is 452 g/mol. The van der Waals surface area contributed by atoms with Gasteiger partial charge in [0.15, 0.2) is 11.5 Å². The largest absolute Gasteiger partial charge is 0.493 e. The SMILES string of the molecule is COc1cc(C=Nc2ccc(N3CCCCC3)cc2)cc(Br)c1OCc1ccccc1. The van der Waals surface area contributed by atoms with Gasteiger partial charge in [0.05, 0.1) is 17.3 Å². The monoisotopic (exact) mass is 478 g/mol. The normalized spacial score (nSPS) is 14.1. The molecule has 0 unspecified atom stereocenters. The van der Waals surface area contributed by atoms with Gasteiger partial charge >= 0.3 is 0 Å². The summed E-state index contributed by atoms with van der Waals surface area (Å²) in [5.41, 5.74) is 4.26. The Bertz CT molecular complexity index is 1010. The number of hydrogen-bond donors (Lipinski definition) is 0. The molecule has 0 aliphatic carbocycles. The van der Waals surface area contributed by atoms with Gasteiger partial charge in [0, 0.05) is 25.0 Å². The van der Waals surface area contributed by atoms with Crippen LogP contribution in [-0.2, 0) is 6.61 Å². The zero-order valence-electron chi connectivity index (χ0n) is 17.8. The lowest BCUT2D eigenvalue weighted by molar-refractivity contribution is 0.282. The molecule has 0 aromatic heterocycles. The summed E-state index contributed by atoms with van der Waals surface area (Å²) in [5, 5.41) is 0. The van der Waals surface area contributed by atoms with Crippen LogP contribution in [0.15, 0.2) is 76.2 Å². The number of benzene rings is 3. The second-order valence-electron chi connectivity index (χ2n) is 7.63. The summed E-state index contributed by atoms with van der Waals surface area (Å²) in [6.07, 6.45) is 5.75. The van der Waals surface area contributed by atoms with Crippen LogP contribution in [0.5, 0.6) is 11.5 Å². The Hall–Kier alpha value is -2.79. The molecule has 0 bridgehead atoms. The molecule has 1 heterocycles. The standard InChI is InChI=1S/C26H27BrN2O2/c1-30-25-17-21(16-24(27)26(25)31-19-20-8-4-2-5-9-20)18-28-22-10-12-23(13-11-22)29-14-6-3-7-15-29/h2,4-5,8-13,16-18H,3,6-7,14-15,19H2,1H3. The van der Waals surface area contributed by atoms with Gasteiger partial charge in [-0.25, -0.2) is 0 Å². The predicted octanol–water partition coefficient (Wildman–Crippen LogP) is 6.78. The van der Waals surface area contributed by atoms with Crippen LogP contribution in [0.3, 0.4) is 0 Å². The Balaban J connectivity index is 1.45. The maximum atomic E-state index is 6.01. The number of methoxy groups -OCH3 is 1. The maximum Gasteiger partial charge on any atom is 0.175 e. The molecule has 31 heavy (non-hydrogen) atoms. The Morgan fingerprint density at radius 2 is 1.71 bits per heavy atom. The molecule has 3 aromatic rings. The maximum absolute atomic E-state index is 6.01. The molecule has 0 spiro atoms. The zero-order valence-corrected chi connectivity index (χ0v) is 19.3. The third-order valence-corrected chi connectivity index (χ3v) is 6.00. The Labute approximate surface area is 192 Å². The van der Waals surface area contributed by atoms with Gasteiger partial charge in [-0.3, -0.25) is 4.99 Å². The number of hydrogen-bond acceptors (Lipinski definition) is 4. The summed E-state index contributed by atoms with van der Waals surface area (Å²) in [4.78, 5) is 7.09. The van der Waals surface area contributed by atoms with E-state index >= 15 is 0 Å². The Kier molecular flexibility index (Phi) is 7.26. The number of ether oxygens (including phenoxy) is 2. The van der Waals surface area contributed by atoms with E-state index in [0.717, 1.165) is 34.4 Å². The minimum Gasteiger partial charge on any atom is -0.493 e. The molecule has 5 heteroatoms. The van der Waals surface area contributed by atoms with Crippen LogP contribution in [-0.4, -0.2) is 26.4 Å². The van der Waals surface area contributed by atoms with E-state index < -0.39 is 0 Å². The molecule has 1 aliphatic heterocycles. The summed E-state index contributed by atoms with van der Waals surface area (Å²) in [7, 11) is 1.65. The summed E-state index contributed by atoms with van der Waals surface area (Å²) >= 11 is 3.62. The van der Waals surface area contributed by atoms with Gasteiger partial charge in [-0.15, -0.1) is 0 Å². The van der Waals surface area contributed by atoms with Crippen LogP contribution >= 0.6 is 15.9 Å². The molecule has 0 amide bonds. The van der Waals surface area contributed by atoms with Gasteiger partial charge in [0.2, 0.25) is 0 Å². The number of halogens is 1. The average molecular weight is 479 g/mol. The molecular formula is C26H27BrN2O2. The van der Waals surface area contributed by atoms with Crippen LogP contribution < -0.4 is 14.4 Å². The second kappa shape index (κ2) is 10.5. The summed E-state index contributed by atoms with van der Waals surface area (Å²) < 4.78 is 12.4. The molecule has 0 atom stereocenters. The fourth-order valence-corrected chi connectivity index (χ4v) is 4.31. The molecule has 0 saturated carbocycles. The van der Waals surface area contributed by atoms with Crippen molar-refractivity contribution in [2.24, 2.45) is 4.99 Å². The van der Waals surface area contributed by atoms with Crippen molar-refractivity contribution in [1.29, 1.82) is 0 Å². The highest BCUT2D eigenvalue weighted by molar-refractivity contribution is 9.10. The second-order valence-corrected chi connectivity index (χ2v) is 8.49. The molecule has 4 nitrogen and oxygen atoms in total. The van der Waals surface area contributed by atoms with Crippen molar-refractivity contribution < 1.29 is 9.47 Å². The van der Waals surface area contributed by atoms with Crippen molar-refractivity contribution in [3.8, 4) is 11.5 Å². The fraction of sp³-hybridized carbons (Fsp3) is 0.269. The smallest absolute Gasteiger partial charge is 0.175 e. The van der Waals surface area contributed by atoms with Crippen molar-refractivity contribution in [1.82, 2.24) is 0 Å². The van der Waals surface area contributed by atoms with E-state index in [1.54, 1.807) is 7.11 Å². The van der Waals surface area contributed by atoms with E-state index in [4.69, 9.17) is 9.47 Å². The first-order chi connectivity index (χ1) is 15.2. The van der Waals surface area contributed by atoms with Crippen molar-refractivity contribution in [3.05, 3.63) is 82.3 Å². The average Bonchev–Trinajstić information content (AvgIpc) is 2.83. The Morgan fingerprint density at radius 1 is 0.968 bits per heavy atom. The minimum absolute atomic E-state index is 0.479. The number of aliphatic imine (C=N–C) groups is 1. The first-order valence-corrected chi connectivity index (χ1v) is 11.5. The first-order valence-electron chi connectivity index (χ1n) is 10.7. The van der Waals surface area contributed by atoms with Crippen molar-refractivity contribution >= 4 is 33.5 Å². The number of nitrogens with zero attached hydrogens (tertiary/aromatic N) is 2. The van der Waals surface area contributed by atoms with Crippen LogP contribution in [0.2, 0.25) is 0 Å². The van der Waals surface area contributed by atoms with E-state index in [1.165, 1.54) is 24.9 Å². The van der Waals surface area contributed by atoms with Gasteiger partial charge in [0.1, 0.15) is 6.61 Å². The topological polar surface area (TPSA) is 34.1 Å². The number of anilines is 1. The summed E-state index contributed by atoms with van der Waals surface area (Å²) in [5.74, 6) is 1.36. The van der Waals surface area contributed by atoms with E-state index in [-0.39, 0.29) is 0 Å². The highest BCUT2D eigenvalue weighted by atomic mass is 79.9. The van der Waals surface area contributed by atoms with E-state index in [9.17, 15) is 0 Å². The lowest BCUT2D eigenvalue weighted by Crippen LogP contribution is -2.29. The molecule has 1 fully saturated rings. The third-order valence-electron chi connectivity index (χ3n) is 5.41. The van der Waals surface area contributed by atoms with Crippen LogP contribution in [0.1, 0.15) is 30.4 Å². The predicted molar refractivity (Wildman–Crippen MR) is 131 cm³/mol. The van der Waals surface area contributed by atoms with Crippen molar-refractivity contribution in [3.63, 3.8) is 0 Å². The number of rotatable bonds is 7. The number of piperidine rings is 1. The van der Waals surface area contributed by atoms with Gasteiger partial charge < -0.3 is 14.4 Å². The fourth-order valence-electron chi connectivity index (χ4n) is 3.73. The van der Waals surface area contributed by atoms with Gasteiger partial charge in [-0.05, 0) is 82.7 Å². The molecule has 160 valence electrons. The van der Waals surface area contributed by atoms with Crippen LogP contribution in [0.25, 0.3) is 0 Å². The lowest BCUT2D eigenvalue weighted by atomic mass is 10.1. The van der Waals surface area contributed by atoms with E-state index in [1.807, 2.05) is 48.7 Å². The lowest BCUT2D eigenvalue weighted by Gasteiger charge is -2.28. The zero-order chi connectivity index (χ0) is 21.5. The van der Waals surface area contributed by atoms with Crippen LogP contribution in [0.4, 0.5) is 11.4 Å². The molecule has 0 radical (unpaired) electrons. The first kappa shape index (κ1) is 21.4. The third kappa shape index (κ3) is 5.67. The minimum atomic E-state index is 0.479.